The Bertz CT molecular complexity index is 909. The standard InChI is InChI=1S/C19H24N2O4S2/c1-13(6-7-14-8-10-15(11-9-14)20-18(22)23)12-27(24,25)19-21-16-4-2-3-5-17(16)26-19/h2-6,14-15,20H,7-12H2,1H3,(H,22,23)/b13-6+/t14-,15-. The highest BCUT2D eigenvalue weighted by Gasteiger charge is 2.23. The molecule has 2 N–H and O–H groups in total. The van der Waals surface area contributed by atoms with Crippen molar-refractivity contribution in [3.63, 3.8) is 0 Å². The van der Waals surface area contributed by atoms with Crippen molar-refractivity contribution in [2.24, 2.45) is 5.92 Å². The first-order chi connectivity index (χ1) is 12.8. The van der Waals surface area contributed by atoms with Crippen LogP contribution < -0.4 is 5.32 Å². The summed E-state index contributed by atoms with van der Waals surface area (Å²) in [4.78, 5) is 15.0. The highest BCUT2D eigenvalue weighted by molar-refractivity contribution is 7.93. The van der Waals surface area contributed by atoms with Crippen LogP contribution in [0.2, 0.25) is 0 Å². The normalized spacial score (nSPS) is 21.3. The molecular weight excluding hydrogens is 384 g/mol. The van der Waals surface area contributed by atoms with Crippen LogP contribution >= 0.6 is 11.3 Å². The number of thiazole rings is 1. The predicted octanol–water partition coefficient (Wildman–Crippen LogP) is 4.23. The van der Waals surface area contributed by atoms with Crippen molar-refractivity contribution in [3.8, 4) is 0 Å². The van der Waals surface area contributed by atoms with Gasteiger partial charge in [0.1, 0.15) is 0 Å². The molecule has 27 heavy (non-hydrogen) atoms. The van der Waals surface area contributed by atoms with E-state index in [1.165, 1.54) is 11.3 Å². The highest BCUT2D eigenvalue weighted by atomic mass is 32.2. The fourth-order valence-corrected chi connectivity index (χ4v) is 6.22. The number of hydrogen-bond donors (Lipinski definition) is 2. The van der Waals surface area contributed by atoms with Crippen LogP contribution in [0.25, 0.3) is 10.2 Å². The van der Waals surface area contributed by atoms with Crippen LogP contribution in [0.4, 0.5) is 4.79 Å². The van der Waals surface area contributed by atoms with E-state index in [9.17, 15) is 13.2 Å². The molecule has 6 nitrogen and oxygen atoms in total. The lowest BCUT2D eigenvalue weighted by Gasteiger charge is -2.27. The van der Waals surface area contributed by atoms with E-state index in [0.717, 1.165) is 47.9 Å². The first-order valence-electron chi connectivity index (χ1n) is 9.07. The van der Waals surface area contributed by atoms with Crippen molar-refractivity contribution in [1.29, 1.82) is 0 Å². The van der Waals surface area contributed by atoms with E-state index in [4.69, 9.17) is 5.11 Å². The molecule has 8 heteroatoms. The Morgan fingerprint density at radius 3 is 2.67 bits per heavy atom. The number of sulfone groups is 1. The van der Waals surface area contributed by atoms with Crippen LogP contribution in [-0.2, 0) is 9.84 Å². The maximum absolute atomic E-state index is 12.7. The molecule has 1 aromatic carbocycles. The number of carboxylic acid groups (broad SMARTS) is 1. The average Bonchev–Trinajstić information content (AvgIpc) is 3.05. The van der Waals surface area contributed by atoms with Gasteiger partial charge >= 0.3 is 6.09 Å². The molecular formula is C19H24N2O4S2. The van der Waals surface area contributed by atoms with Crippen molar-refractivity contribution in [3.05, 3.63) is 35.9 Å². The van der Waals surface area contributed by atoms with E-state index in [-0.39, 0.29) is 16.1 Å². The summed E-state index contributed by atoms with van der Waals surface area (Å²) in [6, 6.07) is 7.48. The SMILES string of the molecule is C/C(=C\C[C@H]1CC[C@H](NC(=O)O)CC1)CS(=O)(=O)c1nc2ccccc2s1. The summed E-state index contributed by atoms with van der Waals surface area (Å²) in [5.41, 5.74) is 1.55. The molecule has 1 heterocycles. The van der Waals surface area contributed by atoms with Crippen molar-refractivity contribution in [1.82, 2.24) is 10.3 Å². The van der Waals surface area contributed by atoms with Crippen LogP contribution in [0, 0.1) is 5.92 Å². The van der Waals surface area contributed by atoms with E-state index >= 15 is 0 Å². The zero-order chi connectivity index (χ0) is 19.4. The molecule has 0 bridgehead atoms. The van der Waals surface area contributed by atoms with Gasteiger partial charge in [0.05, 0.1) is 16.0 Å². The number of nitrogens with zero attached hydrogens (tertiary/aromatic N) is 1. The fourth-order valence-electron chi connectivity index (χ4n) is 3.49. The fraction of sp³-hybridized carbons (Fsp3) is 0.474. The molecule has 1 aliphatic rings. The molecule has 2 aromatic rings. The van der Waals surface area contributed by atoms with Crippen LogP contribution in [0.3, 0.4) is 0 Å². The highest BCUT2D eigenvalue weighted by Crippen LogP contribution is 2.29. The summed E-state index contributed by atoms with van der Waals surface area (Å²) in [6.07, 6.45) is 5.48. The lowest BCUT2D eigenvalue weighted by molar-refractivity contribution is 0.182. The molecule has 1 aliphatic carbocycles. The van der Waals surface area contributed by atoms with Gasteiger partial charge in [-0.25, -0.2) is 18.2 Å². The molecule has 0 atom stereocenters. The lowest BCUT2D eigenvalue weighted by atomic mass is 9.84. The van der Waals surface area contributed by atoms with Crippen molar-refractivity contribution in [2.45, 2.75) is 49.4 Å². The number of rotatable bonds is 6. The second-order valence-corrected chi connectivity index (χ2v) is 10.4. The van der Waals surface area contributed by atoms with Gasteiger partial charge in [-0.1, -0.05) is 23.8 Å². The largest absolute Gasteiger partial charge is 0.465 e. The van der Waals surface area contributed by atoms with E-state index < -0.39 is 15.9 Å². The first kappa shape index (κ1) is 19.8. The number of fused-ring (bicyclic) bond motifs is 1. The van der Waals surface area contributed by atoms with Crippen molar-refractivity contribution in [2.75, 3.05) is 5.75 Å². The molecule has 1 aromatic heterocycles. The minimum absolute atomic E-state index is 0.0112. The maximum Gasteiger partial charge on any atom is 0.404 e. The quantitative estimate of drug-likeness (QED) is 0.697. The van der Waals surface area contributed by atoms with Gasteiger partial charge in [0.2, 0.25) is 14.2 Å². The average molecular weight is 409 g/mol. The number of carbonyl (C=O) groups is 1. The second kappa shape index (κ2) is 8.39. The Morgan fingerprint density at radius 1 is 1.30 bits per heavy atom. The molecule has 1 saturated carbocycles. The van der Waals surface area contributed by atoms with E-state index in [0.29, 0.717) is 5.92 Å². The summed E-state index contributed by atoms with van der Waals surface area (Å²) < 4.78 is 26.4. The number of benzene rings is 1. The van der Waals surface area contributed by atoms with Crippen LogP contribution in [0.1, 0.15) is 39.0 Å². The van der Waals surface area contributed by atoms with Crippen LogP contribution in [-0.4, -0.2) is 36.4 Å². The Labute approximate surface area is 163 Å². The van der Waals surface area contributed by atoms with Gasteiger partial charge in [-0.05, 0) is 57.1 Å². The Morgan fingerprint density at radius 2 is 2.00 bits per heavy atom. The van der Waals surface area contributed by atoms with Gasteiger partial charge in [-0.2, -0.15) is 0 Å². The first-order valence-corrected chi connectivity index (χ1v) is 11.5. The number of aromatic nitrogens is 1. The summed E-state index contributed by atoms with van der Waals surface area (Å²) in [7, 11) is -3.43. The summed E-state index contributed by atoms with van der Waals surface area (Å²) in [5.74, 6) is 0.472. The third-order valence-electron chi connectivity index (χ3n) is 4.93. The topological polar surface area (TPSA) is 96.4 Å². The number of nitrogens with one attached hydrogen (secondary N) is 1. The summed E-state index contributed by atoms with van der Waals surface area (Å²) in [5, 5.41) is 11.3. The van der Waals surface area contributed by atoms with Crippen LogP contribution in [0.15, 0.2) is 40.3 Å². The van der Waals surface area contributed by atoms with E-state index in [2.05, 4.69) is 10.3 Å². The Kier molecular flexibility index (Phi) is 6.16. The van der Waals surface area contributed by atoms with E-state index in [1.807, 2.05) is 37.3 Å². The molecule has 0 unspecified atom stereocenters. The maximum atomic E-state index is 12.7. The molecule has 3 rings (SSSR count). The minimum Gasteiger partial charge on any atom is -0.465 e. The summed E-state index contributed by atoms with van der Waals surface area (Å²) in [6.45, 7) is 1.85. The van der Waals surface area contributed by atoms with Crippen LogP contribution in [0.5, 0.6) is 0 Å². The molecule has 1 amide bonds. The predicted molar refractivity (Wildman–Crippen MR) is 107 cm³/mol. The molecule has 0 radical (unpaired) electrons. The zero-order valence-corrected chi connectivity index (χ0v) is 16.9. The second-order valence-electron chi connectivity index (χ2n) is 7.16. The van der Waals surface area contributed by atoms with Gasteiger partial charge in [0, 0.05) is 6.04 Å². The molecule has 146 valence electrons. The Balaban J connectivity index is 1.56. The molecule has 0 aliphatic heterocycles. The third kappa shape index (κ3) is 5.29. The van der Waals surface area contributed by atoms with Crippen molar-refractivity contribution < 1.29 is 18.3 Å². The molecule has 0 saturated heterocycles. The monoisotopic (exact) mass is 408 g/mol. The van der Waals surface area contributed by atoms with Gasteiger partial charge < -0.3 is 10.4 Å². The van der Waals surface area contributed by atoms with Gasteiger partial charge in [-0.3, -0.25) is 0 Å². The van der Waals surface area contributed by atoms with E-state index in [1.54, 1.807) is 0 Å². The van der Waals surface area contributed by atoms with Gasteiger partial charge in [0.15, 0.2) is 0 Å². The van der Waals surface area contributed by atoms with Gasteiger partial charge in [-0.15, -0.1) is 11.3 Å². The zero-order valence-electron chi connectivity index (χ0n) is 15.2. The smallest absolute Gasteiger partial charge is 0.404 e. The molecule has 0 spiro atoms. The number of amides is 1. The Hall–Kier alpha value is -1.93. The number of allylic oxidation sites excluding steroid dienone is 1. The number of hydrogen-bond acceptors (Lipinski definition) is 5. The third-order valence-corrected chi connectivity index (χ3v) is 8.23. The van der Waals surface area contributed by atoms with Gasteiger partial charge in [0.25, 0.3) is 0 Å². The minimum atomic E-state index is -3.43. The number of para-hydroxylation sites is 1. The van der Waals surface area contributed by atoms with Crippen molar-refractivity contribution >= 4 is 37.5 Å². The molecule has 1 fully saturated rings. The summed E-state index contributed by atoms with van der Waals surface area (Å²) >= 11 is 1.22. The lowest BCUT2D eigenvalue weighted by Crippen LogP contribution is -2.36.